The molecular weight excluding hydrogens is 273 g/mol. The molecule has 6 heteroatoms. The minimum Gasteiger partial charge on any atom is -1.00 e. The molecule has 0 spiro atoms. The molecule has 0 unspecified atom stereocenters. The zero-order valence-corrected chi connectivity index (χ0v) is 11.9. The molecule has 0 fully saturated rings. The smallest absolute Gasteiger partial charge is 1.00 e. The maximum atomic E-state index is 11.2. The standard InChI is InChI=1S/C11H9Cl2NO2.Mg.2H/c12-6-1-2-7-16-11(15)14-10-5-3-4-9(13)8-10;;;/h3-5,8H,6-7H2,(H,14,15);;;/q;+2;2*-1. The molecule has 0 aliphatic rings. The number of anilines is 1. The molecule has 0 atom stereocenters. The Morgan fingerprint density at radius 3 is 2.88 bits per heavy atom. The fourth-order valence-electron chi connectivity index (χ4n) is 0.920. The molecule has 1 rings (SSSR count). The summed E-state index contributed by atoms with van der Waals surface area (Å²) in [6.45, 7) is 0.0130. The first kappa shape index (κ1) is 16.4. The van der Waals surface area contributed by atoms with Gasteiger partial charge < -0.3 is 7.59 Å². The van der Waals surface area contributed by atoms with E-state index in [-0.39, 0.29) is 38.4 Å². The van der Waals surface area contributed by atoms with Gasteiger partial charge in [-0.05, 0) is 18.2 Å². The van der Waals surface area contributed by atoms with Crippen LogP contribution >= 0.6 is 23.2 Å². The molecule has 0 aliphatic carbocycles. The van der Waals surface area contributed by atoms with E-state index in [1.54, 1.807) is 24.3 Å². The summed E-state index contributed by atoms with van der Waals surface area (Å²) in [4.78, 5) is 11.2. The summed E-state index contributed by atoms with van der Waals surface area (Å²) < 4.78 is 4.76. The Morgan fingerprint density at radius 1 is 1.47 bits per heavy atom. The Hall–Kier alpha value is -0.604. The van der Waals surface area contributed by atoms with Gasteiger partial charge in [0.05, 0.1) is 5.88 Å². The Bertz CT molecular complexity index is 438. The minimum atomic E-state index is -0.578. The molecule has 0 bridgehead atoms. The van der Waals surface area contributed by atoms with Crippen molar-refractivity contribution in [2.75, 3.05) is 17.8 Å². The second-order valence-corrected chi connectivity index (χ2v) is 3.40. The second-order valence-electron chi connectivity index (χ2n) is 2.70. The molecule has 0 radical (unpaired) electrons. The fourth-order valence-corrected chi connectivity index (χ4v) is 1.20. The van der Waals surface area contributed by atoms with Crippen molar-refractivity contribution in [2.45, 2.75) is 0 Å². The monoisotopic (exact) mass is 283 g/mol. The molecule has 17 heavy (non-hydrogen) atoms. The number of hydrogen-bond donors (Lipinski definition) is 1. The van der Waals surface area contributed by atoms with E-state index in [1.165, 1.54) is 0 Å². The van der Waals surface area contributed by atoms with E-state index in [9.17, 15) is 4.79 Å². The molecule has 0 saturated carbocycles. The van der Waals surface area contributed by atoms with Crippen LogP contribution in [0.15, 0.2) is 24.3 Å². The molecule has 3 nitrogen and oxygen atoms in total. The summed E-state index contributed by atoms with van der Waals surface area (Å²) in [5, 5.41) is 3.05. The van der Waals surface area contributed by atoms with Crippen LogP contribution in [-0.2, 0) is 4.74 Å². The van der Waals surface area contributed by atoms with Gasteiger partial charge in [-0.3, -0.25) is 5.32 Å². The van der Waals surface area contributed by atoms with Crippen LogP contribution < -0.4 is 5.32 Å². The van der Waals surface area contributed by atoms with Gasteiger partial charge >= 0.3 is 29.1 Å². The van der Waals surface area contributed by atoms with E-state index in [1.807, 2.05) is 0 Å². The van der Waals surface area contributed by atoms with Crippen LogP contribution in [0.4, 0.5) is 10.5 Å². The van der Waals surface area contributed by atoms with Crippen molar-refractivity contribution in [1.82, 2.24) is 0 Å². The van der Waals surface area contributed by atoms with Crippen molar-refractivity contribution < 1.29 is 12.4 Å². The van der Waals surface area contributed by atoms with Crippen LogP contribution in [-0.4, -0.2) is 41.6 Å². The largest absolute Gasteiger partial charge is 2.00 e. The molecule has 1 aromatic carbocycles. The zero-order valence-electron chi connectivity index (χ0n) is 11.0. The first-order chi connectivity index (χ1) is 7.72. The van der Waals surface area contributed by atoms with E-state index in [4.69, 9.17) is 27.9 Å². The third-order valence-electron chi connectivity index (χ3n) is 1.54. The predicted octanol–water partition coefficient (Wildman–Crippen LogP) is 2.97. The Kier molecular flexibility index (Phi) is 9.09. The summed E-state index contributed by atoms with van der Waals surface area (Å²) in [6, 6.07) is 6.76. The molecule has 88 valence electrons. The number of benzene rings is 1. The molecule has 0 aliphatic heterocycles. The summed E-state index contributed by atoms with van der Waals surface area (Å²) in [5.74, 6) is 5.36. The van der Waals surface area contributed by atoms with Crippen molar-refractivity contribution in [3.05, 3.63) is 29.3 Å². The average Bonchev–Trinajstić information content (AvgIpc) is 2.24. The van der Waals surface area contributed by atoms with E-state index in [2.05, 4.69) is 17.2 Å². The number of hydrogen-bond acceptors (Lipinski definition) is 2. The van der Waals surface area contributed by atoms with Gasteiger partial charge in [-0.1, -0.05) is 29.5 Å². The van der Waals surface area contributed by atoms with E-state index < -0.39 is 6.09 Å². The van der Waals surface area contributed by atoms with Crippen molar-refractivity contribution >= 4 is 58.0 Å². The van der Waals surface area contributed by atoms with Crippen LogP contribution in [0.5, 0.6) is 0 Å². The number of carbonyl (C=O) groups is 1. The molecule has 1 aromatic rings. The number of rotatable bonds is 2. The van der Waals surface area contributed by atoms with Crippen molar-refractivity contribution in [2.24, 2.45) is 0 Å². The Balaban J connectivity index is -0.000000853. The number of carbonyl (C=O) groups excluding carboxylic acids is 1. The van der Waals surface area contributed by atoms with E-state index in [0.29, 0.717) is 10.7 Å². The second kappa shape index (κ2) is 9.43. The molecule has 1 N–H and O–H groups in total. The van der Waals surface area contributed by atoms with Crippen molar-refractivity contribution in [3.8, 4) is 11.8 Å². The van der Waals surface area contributed by atoms with Gasteiger partial charge in [-0.15, -0.1) is 11.6 Å². The van der Waals surface area contributed by atoms with Gasteiger partial charge in [-0.2, -0.15) is 0 Å². The number of nitrogens with one attached hydrogen (secondary N) is 1. The van der Waals surface area contributed by atoms with Crippen LogP contribution in [0.25, 0.3) is 0 Å². The quantitative estimate of drug-likeness (QED) is 0.515. The normalized spacial score (nSPS) is 8.35. The van der Waals surface area contributed by atoms with Crippen LogP contribution in [0, 0.1) is 11.8 Å². The van der Waals surface area contributed by atoms with Gasteiger partial charge in [-0.25, -0.2) is 4.79 Å². The van der Waals surface area contributed by atoms with E-state index in [0.717, 1.165) is 0 Å². The Morgan fingerprint density at radius 2 is 2.24 bits per heavy atom. The first-order valence-corrected chi connectivity index (χ1v) is 5.34. The average molecular weight is 284 g/mol. The van der Waals surface area contributed by atoms with Gasteiger partial charge in [0.1, 0.15) is 0 Å². The third-order valence-corrected chi connectivity index (χ3v) is 1.91. The topological polar surface area (TPSA) is 38.3 Å². The predicted molar refractivity (Wildman–Crippen MR) is 72.9 cm³/mol. The molecular formula is C11H11Cl2MgNO2. The van der Waals surface area contributed by atoms with Crippen molar-refractivity contribution in [1.29, 1.82) is 0 Å². The van der Waals surface area contributed by atoms with Gasteiger partial charge in [0.2, 0.25) is 0 Å². The number of ether oxygens (including phenoxy) is 1. The summed E-state index contributed by atoms with van der Waals surface area (Å²) in [7, 11) is 0. The van der Waals surface area contributed by atoms with Crippen LogP contribution in [0.2, 0.25) is 5.02 Å². The Labute approximate surface area is 129 Å². The van der Waals surface area contributed by atoms with Gasteiger partial charge in [0, 0.05) is 10.7 Å². The number of alkyl halides is 1. The maximum absolute atomic E-state index is 11.2. The summed E-state index contributed by atoms with van der Waals surface area (Å²) in [5.41, 5.74) is 0.572. The van der Waals surface area contributed by atoms with Crippen LogP contribution in [0.3, 0.4) is 0 Å². The maximum Gasteiger partial charge on any atom is 2.00 e. The summed E-state index contributed by atoms with van der Waals surface area (Å²) >= 11 is 11.1. The van der Waals surface area contributed by atoms with Crippen LogP contribution in [0.1, 0.15) is 2.85 Å². The first-order valence-electron chi connectivity index (χ1n) is 4.43. The molecule has 0 saturated heterocycles. The number of halogens is 2. The SMILES string of the molecule is O=C(Nc1cccc(Cl)c1)OCC#CCCl.[H-].[H-].[Mg+2]. The van der Waals surface area contributed by atoms with Gasteiger partial charge in [0.25, 0.3) is 0 Å². The number of amides is 1. The van der Waals surface area contributed by atoms with Gasteiger partial charge in [0.15, 0.2) is 6.61 Å². The molecule has 1 amide bonds. The fraction of sp³-hybridized carbons (Fsp3) is 0.182. The minimum absolute atomic E-state index is 0. The molecule has 0 heterocycles. The molecule has 0 aromatic heterocycles. The third kappa shape index (κ3) is 7.34. The summed E-state index contributed by atoms with van der Waals surface area (Å²) in [6.07, 6.45) is -0.578. The van der Waals surface area contributed by atoms with Crippen molar-refractivity contribution in [3.63, 3.8) is 0 Å². The zero-order chi connectivity index (χ0) is 11.8. The van der Waals surface area contributed by atoms with E-state index >= 15 is 0 Å².